The van der Waals surface area contributed by atoms with Gasteiger partial charge in [-0.25, -0.2) is 4.98 Å². The molecule has 0 spiro atoms. The highest BCUT2D eigenvalue weighted by Gasteiger charge is 2.20. The number of allylic oxidation sites excluding steroid dienone is 1. The van der Waals surface area contributed by atoms with E-state index < -0.39 is 0 Å². The van der Waals surface area contributed by atoms with Gasteiger partial charge in [-0.3, -0.25) is 14.2 Å². The molecule has 0 radical (unpaired) electrons. The lowest BCUT2D eigenvalue weighted by Crippen LogP contribution is -2.22. The number of thioether (sulfide) groups is 1. The second-order valence-corrected chi connectivity index (χ2v) is 8.75. The van der Waals surface area contributed by atoms with E-state index >= 15 is 0 Å². The van der Waals surface area contributed by atoms with Crippen molar-refractivity contribution in [3.63, 3.8) is 0 Å². The standard InChI is InChI=1S/C21H25N3O3S2/c1-6-8-23-20(26)16-7-9-28-19(16)22-21(23)29-12-18(25)17-10-13(2)24(15(17)4)14(3)11-27-5/h6-7,9-10,14H,1,8,11-12H2,2-5H3. The lowest BCUT2D eigenvalue weighted by atomic mass is 10.2. The number of ether oxygens (including phenoxy) is 1. The fraction of sp³-hybridized carbons (Fsp3) is 0.381. The first kappa shape index (κ1) is 21.5. The number of rotatable bonds is 9. The molecule has 29 heavy (non-hydrogen) atoms. The van der Waals surface area contributed by atoms with E-state index in [1.807, 2.05) is 25.3 Å². The Bertz CT molecular complexity index is 1110. The van der Waals surface area contributed by atoms with Crippen molar-refractivity contribution in [1.29, 1.82) is 0 Å². The van der Waals surface area contributed by atoms with E-state index in [1.54, 1.807) is 23.8 Å². The number of methoxy groups -OCH3 is 1. The number of hydrogen-bond acceptors (Lipinski definition) is 6. The Morgan fingerprint density at radius 3 is 2.90 bits per heavy atom. The summed E-state index contributed by atoms with van der Waals surface area (Å²) in [6.45, 7) is 10.7. The molecule has 0 amide bonds. The van der Waals surface area contributed by atoms with Crippen molar-refractivity contribution in [2.24, 2.45) is 0 Å². The Kier molecular flexibility index (Phi) is 6.77. The maximum Gasteiger partial charge on any atom is 0.263 e. The zero-order valence-corrected chi connectivity index (χ0v) is 18.7. The van der Waals surface area contributed by atoms with Crippen LogP contribution >= 0.6 is 23.1 Å². The lowest BCUT2D eigenvalue weighted by molar-refractivity contribution is 0.102. The van der Waals surface area contributed by atoms with Crippen molar-refractivity contribution in [1.82, 2.24) is 14.1 Å². The number of aromatic nitrogens is 3. The average Bonchev–Trinajstić information content (AvgIpc) is 3.26. The summed E-state index contributed by atoms with van der Waals surface area (Å²) < 4.78 is 8.96. The fourth-order valence-corrected chi connectivity index (χ4v) is 5.29. The Hall–Kier alpha value is -2.16. The maximum absolute atomic E-state index is 13.0. The van der Waals surface area contributed by atoms with Crippen molar-refractivity contribution in [2.45, 2.75) is 38.5 Å². The number of Topliss-reactive ketones (excluding diaryl/α,β-unsaturated/α-hetero) is 1. The van der Waals surface area contributed by atoms with Crippen LogP contribution in [0.25, 0.3) is 10.2 Å². The molecule has 8 heteroatoms. The molecule has 0 fully saturated rings. The number of thiophene rings is 1. The van der Waals surface area contributed by atoms with Crippen molar-refractivity contribution in [2.75, 3.05) is 19.5 Å². The summed E-state index contributed by atoms with van der Waals surface area (Å²) in [6, 6.07) is 3.86. The molecule has 154 valence electrons. The molecule has 0 aromatic carbocycles. The first-order valence-corrected chi connectivity index (χ1v) is 11.2. The summed E-state index contributed by atoms with van der Waals surface area (Å²) in [4.78, 5) is 31.0. The van der Waals surface area contributed by atoms with Crippen LogP contribution in [0.2, 0.25) is 0 Å². The van der Waals surface area contributed by atoms with Gasteiger partial charge in [0.1, 0.15) is 4.83 Å². The van der Waals surface area contributed by atoms with Crippen molar-refractivity contribution >= 4 is 39.1 Å². The van der Waals surface area contributed by atoms with Crippen LogP contribution in [0.5, 0.6) is 0 Å². The first-order chi connectivity index (χ1) is 13.9. The molecule has 1 unspecified atom stereocenters. The molecular formula is C21H25N3O3S2. The molecule has 6 nitrogen and oxygen atoms in total. The van der Waals surface area contributed by atoms with Crippen LogP contribution in [0, 0.1) is 13.8 Å². The van der Waals surface area contributed by atoms with Gasteiger partial charge in [0.25, 0.3) is 5.56 Å². The van der Waals surface area contributed by atoms with Gasteiger partial charge in [-0.05, 0) is 38.3 Å². The summed E-state index contributed by atoms with van der Waals surface area (Å²) in [5.41, 5.74) is 2.57. The predicted octanol–water partition coefficient (Wildman–Crippen LogP) is 4.24. The maximum atomic E-state index is 13.0. The van der Waals surface area contributed by atoms with E-state index in [2.05, 4.69) is 23.1 Å². The molecule has 1 atom stereocenters. The smallest absolute Gasteiger partial charge is 0.263 e. The van der Waals surface area contributed by atoms with Crippen molar-refractivity contribution in [3.05, 3.63) is 57.5 Å². The van der Waals surface area contributed by atoms with Gasteiger partial charge in [0.05, 0.1) is 23.8 Å². The van der Waals surface area contributed by atoms with Crippen molar-refractivity contribution in [3.8, 4) is 0 Å². The largest absolute Gasteiger partial charge is 0.383 e. The SMILES string of the molecule is C=CCn1c(SCC(=O)c2cc(C)n(C(C)COC)c2C)nc2sccc2c1=O. The summed E-state index contributed by atoms with van der Waals surface area (Å²) in [5.74, 6) is 0.230. The Balaban J connectivity index is 1.86. The second kappa shape index (κ2) is 9.11. The minimum atomic E-state index is -0.0994. The number of ketones is 1. The van der Waals surface area contributed by atoms with E-state index in [-0.39, 0.29) is 23.1 Å². The Labute approximate surface area is 178 Å². The quantitative estimate of drug-likeness (QED) is 0.219. The topological polar surface area (TPSA) is 66.1 Å². The number of carbonyl (C=O) groups is 1. The van der Waals surface area contributed by atoms with E-state index in [9.17, 15) is 9.59 Å². The molecule has 0 aliphatic rings. The normalized spacial score (nSPS) is 12.4. The molecule has 0 bridgehead atoms. The third-order valence-corrected chi connectivity index (χ3v) is 6.61. The van der Waals surface area contributed by atoms with Crippen molar-refractivity contribution < 1.29 is 9.53 Å². The van der Waals surface area contributed by atoms with Gasteiger partial charge in [0, 0.05) is 30.6 Å². The molecule has 0 saturated heterocycles. The van der Waals surface area contributed by atoms with Crippen LogP contribution in [-0.2, 0) is 11.3 Å². The van der Waals surface area contributed by atoms with Crippen LogP contribution in [0.3, 0.4) is 0 Å². The van der Waals surface area contributed by atoms with Crippen LogP contribution in [0.1, 0.15) is 34.7 Å². The Morgan fingerprint density at radius 1 is 1.45 bits per heavy atom. The van der Waals surface area contributed by atoms with Gasteiger partial charge >= 0.3 is 0 Å². The summed E-state index contributed by atoms with van der Waals surface area (Å²) >= 11 is 2.72. The third-order valence-electron chi connectivity index (χ3n) is 4.83. The number of carbonyl (C=O) groups excluding carboxylic acids is 1. The van der Waals surface area contributed by atoms with Gasteiger partial charge in [-0.1, -0.05) is 17.8 Å². The molecule has 3 rings (SSSR count). The lowest BCUT2D eigenvalue weighted by Gasteiger charge is -2.17. The van der Waals surface area contributed by atoms with Gasteiger partial charge in [0.15, 0.2) is 10.9 Å². The number of fused-ring (bicyclic) bond motifs is 1. The highest BCUT2D eigenvalue weighted by atomic mass is 32.2. The summed E-state index contributed by atoms with van der Waals surface area (Å²) in [6.07, 6.45) is 1.66. The van der Waals surface area contributed by atoms with E-state index in [1.165, 1.54) is 23.1 Å². The molecule has 0 aliphatic carbocycles. The average molecular weight is 432 g/mol. The highest BCUT2D eigenvalue weighted by Crippen LogP contribution is 2.25. The van der Waals surface area contributed by atoms with Gasteiger partial charge in [0.2, 0.25) is 0 Å². The van der Waals surface area contributed by atoms with Gasteiger partial charge < -0.3 is 9.30 Å². The molecule has 0 aliphatic heterocycles. The van der Waals surface area contributed by atoms with E-state index in [4.69, 9.17) is 4.74 Å². The van der Waals surface area contributed by atoms with Crippen LogP contribution in [0.4, 0.5) is 0 Å². The van der Waals surface area contributed by atoms with Crippen LogP contribution in [0.15, 0.2) is 40.1 Å². The zero-order chi connectivity index (χ0) is 21.1. The predicted molar refractivity (Wildman–Crippen MR) is 120 cm³/mol. The number of nitrogens with zero attached hydrogens (tertiary/aromatic N) is 3. The van der Waals surface area contributed by atoms with Crippen LogP contribution < -0.4 is 5.56 Å². The van der Waals surface area contributed by atoms with Gasteiger partial charge in [-0.2, -0.15) is 0 Å². The highest BCUT2D eigenvalue weighted by molar-refractivity contribution is 7.99. The number of aryl methyl sites for hydroxylation is 1. The van der Waals surface area contributed by atoms with Crippen LogP contribution in [-0.4, -0.2) is 39.4 Å². The Morgan fingerprint density at radius 2 is 2.21 bits per heavy atom. The molecule has 0 N–H and O–H groups in total. The molecule has 3 heterocycles. The molecule has 0 saturated carbocycles. The second-order valence-electron chi connectivity index (χ2n) is 6.91. The van der Waals surface area contributed by atoms with E-state index in [0.29, 0.717) is 34.1 Å². The van der Waals surface area contributed by atoms with E-state index in [0.717, 1.165) is 11.4 Å². The molecule has 3 aromatic rings. The molecular weight excluding hydrogens is 406 g/mol. The number of hydrogen-bond donors (Lipinski definition) is 0. The molecule has 3 aromatic heterocycles. The monoisotopic (exact) mass is 431 g/mol. The minimum absolute atomic E-state index is 0.0182. The first-order valence-electron chi connectivity index (χ1n) is 9.31. The third kappa shape index (κ3) is 4.24. The minimum Gasteiger partial charge on any atom is -0.383 e. The fourth-order valence-electron chi connectivity index (χ4n) is 3.59. The zero-order valence-electron chi connectivity index (χ0n) is 17.1. The summed E-state index contributed by atoms with van der Waals surface area (Å²) in [5, 5.41) is 3.00. The summed E-state index contributed by atoms with van der Waals surface area (Å²) in [7, 11) is 1.67. The van der Waals surface area contributed by atoms with Gasteiger partial charge in [-0.15, -0.1) is 17.9 Å².